The zero-order valence-electron chi connectivity index (χ0n) is 19.2. The average molecular weight is 438 g/mol. The summed E-state index contributed by atoms with van der Waals surface area (Å²) in [6, 6.07) is 8.05. The molecule has 0 radical (unpaired) electrons. The summed E-state index contributed by atoms with van der Waals surface area (Å²) < 4.78 is 5.57. The first kappa shape index (κ1) is 24.0. The van der Waals surface area contributed by atoms with Gasteiger partial charge >= 0.3 is 0 Å². The molecule has 1 aliphatic heterocycles. The SMILES string of the molecule is CCCN(CCNC1C=CC(/C=C/c2ccc(NC(C)=O)cc2)=CC1)C(=O)[C@H]1CCCO1. The number of hydrogen-bond donors (Lipinski definition) is 2. The fraction of sp³-hybridized carbons (Fsp3) is 0.462. The lowest BCUT2D eigenvalue weighted by molar-refractivity contribution is -0.140. The highest BCUT2D eigenvalue weighted by Crippen LogP contribution is 2.17. The molecule has 0 bridgehead atoms. The molecule has 6 nitrogen and oxygen atoms in total. The molecule has 1 aliphatic carbocycles. The number of hydrogen-bond acceptors (Lipinski definition) is 4. The number of anilines is 1. The summed E-state index contributed by atoms with van der Waals surface area (Å²) >= 11 is 0. The quantitative estimate of drug-likeness (QED) is 0.582. The lowest BCUT2D eigenvalue weighted by atomic mass is 10.0. The van der Waals surface area contributed by atoms with Crippen LogP contribution in [-0.4, -0.2) is 55.1 Å². The first-order valence-electron chi connectivity index (χ1n) is 11.6. The predicted octanol–water partition coefficient (Wildman–Crippen LogP) is 3.92. The predicted molar refractivity (Wildman–Crippen MR) is 129 cm³/mol. The van der Waals surface area contributed by atoms with Gasteiger partial charge in [0, 0.05) is 44.9 Å². The van der Waals surface area contributed by atoms with Gasteiger partial charge in [-0.05, 0) is 49.0 Å². The molecule has 2 N–H and O–H groups in total. The van der Waals surface area contributed by atoms with Crippen molar-refractivity contribution in [2.24, 2.45) is 0 Å². The van der Waals surface area contributed by atoms with Crippen LogP contribution in [0.3, 0.4) is 0 Å². The van der Waals surface area contributed by atoms with Crippen molar-refractivity contribution in [3.8, 4) is 0 Å². The van der Waals surface area contributed by atoms with Crippen LogP contribution in [0.4, 0.5) is 5.69 Å². The monoisotopic (exact) mass is 437 g/mol. The Labute approximate surface area is 191 Å². The third-order valence-corrected chi connectivity index (χ3v) is 5.63. The Morgan fingerprint density at radius 1 is 1.19 bits per heavy atom. The third kappa shape index (κ3) is 7.46. The highest BCUT2D eigenvalue weighted by Gasteiger charge is 2.27. The normalized spacial score (nSPS) is 20.4. The Bertz CT molecular complexity index is 852. The van der Waals surface area contributed by atoms with Crippen LogP contribution in [-0.2, 0) is 14.3 Å². The van der Waals surface area contributed by atoms with Crippen molar-refractivity contribution in [1.82, 2.24) is 10.2 Å². The number of ether oxygens (including phenoxy) is 1. The van der Waals surface area contributed by atoms with E-state index < -0.39 is 0 Å². The van der Waals surface area contributed by atoms with Crippen molar-refractivity contribution in [3.63, 3.8) is 0 Å². The van der Waals surface area contributed by atoms with Crippen LogP contribution in [0, 0.1) is 0 Å². The molecule has 2 atom stereocenters. The highest BCUT2D eigenvalue weighted by atomic mass is 16.5. The fourth-order valence-corrected chi connectivity index (χ4v) is 3.95. The highest BCUT2D eigenvalue weighted by molar-refractivity contribution is 5.88. The van der Waals surface area contributed by atoms with Crippen LogP contribution in [0.1, 0.15) is 45.1 Å². The van der Waals surface area contributed by atoms with Crippen molar-refractivity contribution in [2.45, 2.75) is 51.7 Å². The van der Waals surface area contributed by atoms with Gasteiger partial charge in [0.2, 0.25) is 5.91 Å². The van der Waals surface area contributed by atoms with Gasteiger partial charge in [-0.15, -0.1) is 0 Å². The second kappa shape index (κ2) is 12.4. The summed E-state index contributed by atoms with van der Waals surface area (Å²) in [5.41, 5.74) is 3.06. The molecule has 172 valence electrons. The number of nitrogens with zero attached hydrogens (tertiary/aromatic N) is 1. The van der Waals surface area contributed by atoms with E-state index in [-0.39, 0.29) is 24.0 Å². The molecule has 2 aliphatic rings. The maximum Gasteiger partial charge on any atom is 0.251 e. The third-order valence-electron chi connectivity index (χ3n) is 5.63. The smallest absolute Gasteiger partial charge is 0.251 e. The number of carbonyl (C=O) groups is 2. The Hall–Kier alpha value is -2.70. The van der Waals surface area contributed by atoms with Crippen molar-refractivity contribution < 1.29 is 14.3 Å². The van der Waals surface area contributed by atoms with Crippen molar-refractivity contribution in [3.05, 3.63) is 59.7 Å². The Balaban J connectivity index is 1.42. The molecule has 6 heteroatoms. The van der Waals surface area contributed by atoms with Crippen molar-refractivity contribution in [1.29, 1.82) is 0 Å². The van der Waals surface area contributed by atoms with E-state index in [0.717, 1.165) is 50.0 Å². The molecule has 0 aromatic heterocycles. The Morgan fingerprint density at radius 2 is 2.00 bits per heavy atom. The average Bonchev–Trinajstić information content (AvgIpc) is 3.33. The van der Waals surface area contributed by atoms with E-state index in [1.807, 2.05) is 29.2 Å². The number of benzene rings is 1. The van der Waals surface area contributed by atoms with Crippen molar-refractivity contribution >= 4 is 23.6 Å². The second-order valence-corrected chi connectivity index (χ2v) is 8.32. The Kier molecular flexibility index (Phi) is 9.26. The minimum Gasteiger partial charge on any atom is -0.368 e. The molecule has 1 heterocycles. The summed E-state index contributed by atoms with van der Waals surface area (Å²) in [7, 11) is 0. The van der Waals surface area contributed by atoms with Gasteiger partial charge in [-0.1, -0.05) is 49.4 Å². The lowest BCUT2D eigenvalue weighted by Gasteiger charge is -2.26. The van der Waals surface area contributed by atoms with Crippen LogP contribution < -0.4 is 10.6 Å². The molecule has 1 unspecified atom stereocenters. The summed E-state index contributed by atoms with van der Waals surface area (Å²) in [5.74, 6) is 0.0734. The van der Waals surface area contributed by atoms with Crippen LogP contribution >= 0.6 is 0 Å². The van der Waals surface area contributed by atoms with Crippen LogP contribution in [0.2, 0.25) is 0 Å². The van der Waals surface area contributed by atoms with E-state index in [1.54, 1.807) is 0 Å². The number of amides is 2. The van der Waals surface area contributed by atoms with E-state index in [9.17, 15) is 9.59 Å². The van der Waals surface area contributed by atoms with Crippen LogP contribution in [0.25, 0.3) is 6.08 Å². The zero-order chi connectivity index (χ0) is 22.8. The van der Waals surface area contributed by atoms with Gasteiger partial charge in [0.25, 0.3) is 5.91 Å². The van der Waals surface area contributed by atoms with E-state index in [1.165, 1.54) is 12.5 Å². The van der Waals surface area contributed by atoms with Gasteiger partial charge in [-0.25, -0.2) is 0 Å². The van der Waals surface area contributed by atoms with Gasteiger partial charge < -0.3 is 20.3 Å². The first-order valence-corrected chi connectivity index (χ1v) is 11.6. The second-order valence-electron chi connectivity index (χ2n) is 8.32. The topological polar surface area (TPSA) is 70.7 Å². The minimum absolute atomic E-state index is 0.0681. The molecule has 2 amide bonds. The molecular formula is C26H35N3O3. The summed E-state index contributed by atoms with van der Waals surface area (Å²) in [4.78, 5) is 25.7. The van der Waals surface area contributed by atoms with Gasteiger partial charge in [0.05, 0.1) is 0 Å². The molecule has 0 saturated carbocycles. The van der Waals surface area contributed by atoms with E-state index in [0.29, 0.717) is 13.2 Å². The minimum atomic E-state index is -0.241. The number of rotatable bonds is 10. The zero-order valence-corrected chi connectivity index (χ0v) is 19.2. The molecule has 1 aromatic rings. The van der Waals surface area contributed by atoms with E-state index in [4.69, 9.17) is 4.74 Å². The maximum absolute atomic E-state index is 12.6. The Morgan fingerprint density at radius 3 is 2.62 bits per heavy atom. The van der Waals surface area contributed by atoms with Crippen molar-refractivity contribution in [2.75, 3.05) is 31.6 Å². The summed E-state index contributed by atoms with van der Waals surface area (Å²) in [6.45, 7) is 6.57. The lowest BCUT2D eigenvalue weighted by Crippen LogP contribution is -2.44. The van der Waals surface area contributed by atoms with Crippen LogP contribution in [0.5, 0.6) is 0 Å². The number of nitrogens with one attached hydrogen (secondary N) is 2. The summed E-state index contributed by atoms with van der Waals surface area (Å²) in [6.07, 6.45) is 14.2. The molecule has 1 saturated heterocycles. The fourth-order valence-electron chi connectivity index (χ4n) is 3.95. The standard InChI is InChI=1S/C26H35N3O3/c1-3-17-29(26(31)25-5-4-19-32-25)18-16-27-23-12-8-21(9-13-23)6-7-22-10-14-24(15-11-22)28-20(2)30/h6-12,14-15,23,25,27H,3-5,13,16-19H2,1-2H3,(H,28,30)/b7-6+/t23?,25-/m1/s1. The largest absolute Gasteiger partial charge is 0.368 e. The molecular weight excluding hydrogens is 402 g/mol. The van der Waals surface area contributed by atoms with Crippen LogP contribution in [0.15, 0.2) is 54.1 Å². The van der Waals surface area contributed by atoms with E-state index >= 15 is 0 Å². The summed E-state index contributed by atoms with van der Waals surface area (Å²) in [5, 5.41) is 6.32. The molecule has 1 aromatic carbocycles. The van der Waals surface area contributed by atoms with Gasteiger partial charge in [-0.2, -0.15) is 0 Å². The molecule has 0 spiro atoms. The maximum atomic E-state index is 12.6. The first-order chi connectivity index (χ1) is 15.5. The van der Waals surface area contributed by atoms with Gasteiger partial charge in [0.1, 0.15) is 6.10 Å². The molecule has 32 heavy (non-hydrogen) atoms. The van der Waals surface area contributed by atoms with Gasteiger partial charge in [0.15, 0.2) is 0 Å². The number of carbonyl (C=O) groups excluding carboxylic acids is 2. The van der Waals surface area contributed by atoms with Gasteiger partial charge in [-0.3, -0.25) is 9.59 Å². The number of allylic oxidation sites excluding steroid dienone is 3. The molecule has 1 fully saturated rings. The van der Waals surface area contributed by atoms with E-state index in [2.05, 4.69) is 47.9 Å². The molecule has 3 rings (SSSR count).